The number of phenolic OH excluding ortho intramolecular Hbond substituents is 1. The molecule has 0 radical (unpaired) electrons. The van der Waals surface area contributed by atoms with Gasteiger partial charge in [-0.15, -0.1) is 0 Å². The molecule has 1 unspecified atom stereocenters. The molecule has 0 aliphatic carbocycles. The number of hydrogen-bond acceptors (Lipinski definition) is 2. The number of hydrogen-bond donors (Lipinski definition) is 1. The van der Waals surface area contributed by atoms with E-state index in [1.54, 1.807) is 12.1 Å². The molecule has 0 spiro atoms. The van der Waals surface area contributed by atoms with Crippen LogP contribution in [-0.2, 0) is 6.42 Å². The zero-order valence-corrected chi connectivity index (χ0v) is 7.70. The molecule has 0 aliphatic heterocycles. The highest BCUT2D eigenvalue weighted by atomic mass is 16.3. The molecule has 1 aromatic rings. The molecule has 2 nitrogen and oxygen atoms in total. The Morgan fingerprint density at radius 2 is 2.15 bits per heavy atom. The Morgan fingerprint density at radius 3 is 2.69 bits per heavy atom. The molecule has 0 fully saturated rings. The van der Waals surface area contributed by atoms with Gasteiger partial charge in [-0.05, 0) is 24.5 Å². The summed E-state index contributed by atoms with van der Waals surface area (Å²) < 4.78 is 0. The van der Waals surface area contributed by atoms with Gasteiger partial charge in [0.2, 0.25) is 0 Å². The van der Waals surface area contributed by atoms with Crippen LogP contribution in [0.15, 0.2) is 24.3 Å². The van der Waals surface area contributed by atoms with Crippen molar-refractivity contribution in [2.45, 2.75) is 19.8 Å². The Balaban J connectivity index is 2.74. The molecule has 68 valence electrons. The first-order valence-electron chi connectivity index (χ1n) is 4.44. The van der Waals surface area contributed by atoms with Crippen molar-refractivity contribution >= 4 is 0 Å². The van der Waals surface area contributed by atoms with Gasteiger partial charge in [-0.3, -0.25) is 0 Å². The molecule has 1 aromatic carbocycles. The average Bonchev–Trinajstić information content (AvgIpc) is 2.17. The van der Waals surface area contributed by atoms with Crippen molar-refractivity contribution in [3.05, 3.63) is 29.8 Å². The summed E-state index contributed by atoms with van der Waals surface area (Å²) in [6.07, 6.45) is 1.46. The third kappa shape index (κ3) is 2.48. The minimum absolute atomic E-state index is 0.00769. The Kier molecular flexibility index (Phi) is 3.33. The summed E-state index contributed by atoms with van der Waals surface area (Å²) in [7, 11) is 0. The van der Waals surface area contributed by atoms with Gasteiger partial charge in [-0.1, -0.05) is 25.1 Å². The third-order valence-electron chi connectivity index (χ3n) is 2.13. The van der Waals surface area contributed by atoms with Crippen LogP contribution in [0.1, 0.15) is 18.9 Å². The molecule has 0 saturated heterocycles. The van der Waals surface area contributed by atoms with Crippen molar-refractivity contribution < 1.29 is 5.11 Å². The summed E-state index contributed by atoms with van der Waals surface area (Å²) >= 11 is 0. The van der Waals surface area contributed by atoms with Crippen LogP contribution in [0.4, 0.5) is 0 Å². The largest absolute Gasteiger partial charge is 0.508 e. The van der Waals surface area contributed by atoms with Gasteiger partial charge in [0.25, 0.3) is 0 Å². The monoisotopic (exact) mass is 175 g/mol. The second kappa shape index (κ2) is 4.51. The maximum atomic E-state index is 9.44. The standard InChI is InChI=1S/C11H13NO/c1-2-9(8-12)7-10-5-3-4-6-11(10)13/h3-6,9,13H,2,7H2,1H3. The fourth-order valence-electron chi connectivity index (χ4n) is 1.23. The van der Waals surface area contributed by atoms with Gasteiger partial charge in [-0.2, -0.15) is 5.26 Å². The van der Waals surface area contributed by atoms with Gasteiger partial charge in [0.05, 0.1) is 12.0 Å². The summed E-state index contributed by atoms with van der Waals surface area (Å²) in [6, 6.07) is 9.38. The first kappa shape index (κ1) is 9.60. The third-order valence-corrected chi connectivity index (χ3v) is 2.13. The van der Waals surface area contributed by atoms with Crippen LogP contribution < -0.4 is 0 Å². The molecule has 1 N–H and O–H groups in total. The van der Waals surface area contributed by atoms with Gasteiger partial charge in [0.1, 0.15) is 5.75 Å². The molecule has 13 heavy (non-hydrogen) atoms. The van der Waals surface area contributed by atoms with E-state index in [1.165, 1.54) is 0 Å². The van der Waals surface area contributed by atoms with E-state index in [1.807, 2.05) is 19.1 Å². The molecule has 1 rings (SSSR count). The van der Waals surface area contributed by atoms with Crippen molar-refractivity contribution in [3.63, 3.8) is 0 Å². The SMILES string of the molecule is CCC(C#N)Cc1ccccc1O. The minimum atomic E-state index is 0.00769. The van der Waals surface area contributed by atoms with Gasteiger partial charge < -0.3 is 5.11 Å². The van der Waals surface area contributed by atoms with E-state index in [9.17, 15) is 5.11 Å². The maximum absolute atomic E-state index is 9.44. The first-order chi connectivity index (χ1) is 6.27. The number of benzene rings is 1. The second-order valence-electron chi connectivity index (χ2n) is 3.07. The van der Waals surface area contributed by atoms with Crippen molar-refractivity contribution in [2.75, 3.05) is 0 Å². The maximum Gasteiger partial charge on any atom is 0.118 e. The van der Waals surface area contributed by atoms with Gasteiger partial charge in [0.15, 0.2) is 0 Å². The van der Waals surface area contributed by atoms with E-state index < -0.39 is 0 Å². The van der Waals surface area contributed by atoms with Crippen molar-refractivity contribution in [1.29, 1.82) is 5.26 Å². The van der Waals surface area contributed by atoms with E-state index in [0.29, 0.717) is 6.42 Å². The number of phenols is 1. The number of para-hydroxylation sites is 1. The summed E-state index contributed by atoms with van der Waals surface area (Å²) in [5.74, 6) is 0.296. The van der Waals surface area contributed by atoms with Crippen LogP contribution in [0, 0.1) is 17.2 Å². The van der Waals surface area contributed by atoms with Gasteiger partial charge in [-0.25, -0.2) is 0 Å². The molecule has 0 aliphatic rings. The van der Waals surface area contributed by atoms with Crippen LogP contribution in [0.25, 0.3) is 0 Å². The highest BCUT2D eigenvalue weighted by Gasteiger charge is 2.08. The number of nitrogens with zero attached hydrogens (tertiary/aromatic N) is 1. The summed E-state index contributed by atoms with van der Waals surface area (Å²) in [4.78, 5) is 0. The average molecular weight is 175 g/mol. The zero-order chi connectivity index (χ0) is 9.68. The second-order valence-corrected chi connectivity index (χ2v) is 3.07. The van der Waals surface area contributed by atoms with E-state index in [2.05, 4.69) is 6.07 Å². The Labute approximate surface area is 78.4 Å². The van der Waals surface area contributed by atoms with Crippen LogP contribution in [0.2, 0.25) is 0 Å². The Hall–Kier alpha value is -1.49. The molecule has 0 aromatic heterocycles. The fraction of sp³-hybridized carbons (Fsp3) is 0.364. The molecular formula is C11H13NO. The van der Waals surface area contributed by atoms with Crippen LogP contribution in [0.3, 0.4) is 0 Å². The van der Waals surface area contributed by atoms with E-state index in [0.717, 1.165) is 12.0 Å². The zero-order valence-electron chi connectivity index (χ0n) is 7.70. The normalized spacial score (nSPS) is 12.0. The lowest BCUT2D eigenvalue weighted by Crippen LogP contribution is -1.99. The highest BCUT2D eigenvalue weighted by molar-refractivity contribution is 5.32. The van der Waals surface area contributed by atoms with Crippen molar-refractivity contribution in [1.82, 2.24) is 0 Å². The molecule has 1 atom stereocenters. The van der Waals surface area contributed by atoms with Crippen LogP contribution >= 0.6 is 0 Å². The van der Waals surface area contributed by atoms with E-state index >= 15 is 0 Å². The topological polar surface area (TPSA) is 44.0 Å². The first-order valence-corrected chi connectivity index (χ1v) is 4.44. The Morgan fingerprint density at radius 1 is 1.46 bits per heavy atom. The Bertz CT molecular complexity index is 314. The fourth-order valence-corrected chi connectivity index (χ4v) is 1.23. The molecule has 0 bridgehead atoms. The van der Waals surface area contributed by atoms with Crippen molar-refractivity contribution in [2.24, 2.45) is 5.92 Å². The predicted molar refractivity (Wildman–Crippen MR) is 51.2 cm³/mol. The molecular weight excluding hydrogens is 162 g/mol. The summed E-state index contributed by atoms with van der Waals surface area (Å²) in [5.41, 5.74) is 0.857. The van der Waals surface area contributed by atoms with Crippen molar-refractivity contribution in [3.8, 4) is 11.8 Å². The lowest BCUT2D eigenvalue weighted by molar-refractivity contribution is 0.463. The molecule has 0 heterocycles. The van der Waals surface area contributed by atoms with E-state index in [4.69, 9.17) is 5.26 Å². The minimum Gasteiger partial charge on any atom is -0.508 e. The lowest BCUT2D eigenvalue weighted by atomic mass is 9.98. The predicted octanol–water partition coefficient (Wildman–Crippen LogP) is 2.48. The van der Waals surface area contributed by atoms with Crippen LogP contribution in [-0.4, -0.2) is 5.11 Å². The summed E-state index contributed by atoms with van der Waals surface area (Å²) in [6.45, 7) is 1.98. The smallest absolute Gasteiger partial charge is 0.118 e. The molecule has 0 amide bonds. The lowest BCUT2D eigenvalue weighted by Gasteiger charge is -2.06. The van der Waals surface area contributed by atoms with E-state index in [-0.39, 0.29) is 11.7 Å². The van der Waals surface area contributed by atoms with Gasteiger partial charge in [0, 0.05) is 0 Å². The quantitative estimate of drug-likeness (QED) is 0.767. The number of aromatic hydroxyl groups is 1. The number of rotatable bonds is 3. The van der Waals surface area contributed by atoms with Gasteiger partial charge >= 0.3 is 0 Å². The molecule has 2 heteroatoms. The number of nitriles is 1. The highest BCUT2D eigenvalue weighted by Crippen LogP contribution is 2.20. The summed E-state index contributed by atoms with van der Waals surface area (Å²) in [5, 5.41) is 18.2. The van der Waals surface area contributed by atoms with Crippen LogP contribution in [0.5, 0.6) is 5.75 Å². The molecule has 0 saturated carbocycles.